The Labute approximate surface area is 133 Å². The molecule has 0 radical (unpaired) electrons. The first-order valence-corrected chi connectivity index (χ1v) is 6.81. The van der Waals surface area contributed by atoms with Gasteiger partial charge in [0.15, 0.2) is 11.9 Å². The van der Waals surface area contributed by atoms with Crippen LogP contribution in [0.2, 0.25) is 0 Å². The third-order valence-electron chi connectivity index (χ3n) is 2.62. The van der Waals surface area contributed by atoms with Crippen molar-refractivity contribution in [3.05, 3.63) is 33.9 Å². The van der Waals surface area contributed by atoms with Crippen LogP contribution in [0.15, 0.2) is 18.2 Å². The van der Waals surface area contributed by atoms with Gasteiger partial charge in [-0.15, -0.1) is 0 Å². The molecule has 0 aliphatic rings. The standard InChI is InChI=1S/C15H19NO7/c1-9(13(17)23-15(2,3)4)22-12-8-10(14(18)21-5)6-7-11(12)16(19)20/h6-9H,1-5H3. The van der Waals surface area contributed by atoms with E-state index in [2.05, 4.69) is 4.74 Å². The average Bonchev–Trinajstić information content (AvgIpc) is 2.44. The lowest BCUT2D eigenvalue weighted by molar-refractivity contribution is -0.386. The van der Waals surface area contributed by atoms with Crippen LogP contribution in [-0.2, 0) is 14.3 Å². The Morgan fingerprint density at radius 3 is 2.35 bits per heavy atom. The molecular formula is C15H19NO7. The first-order valence-electron chi connectivity index (χ1n) is 6.81. The predicted molar refractivity (Wildman–Crippen MR) is 80.4 cm³/mol. The van der Waals surface area contributed by atoms with E-state index in [0.717, 1.165) is 12.1 Å². The molecule has 0 spiro atoms. The summed E-state index contributed by atoms with van der Waals surface area (Å²) >= 11 is 0. The smallest absolute Gasteiger partial charge is 0.347 e. The van der Waals surface area contributed by atoms with Gasteiger partial charge in [-0.05, 0) is 33.8 Å². The molecule has 0 saturated heterocycles. The lowest BCUT2D eigenvalue weighted by Gasteiger charge is -2.22. The van der Waals surface area contributed by atoms with E-state index >= 15 is 0 Å². The number of methoxy groups -OCH3 is 1. The zero-order chi connectivity index (χ0) is 17.8. The zero-order valence-electron chi connectivity index (χ0n) is 13.6. The number of nitro benzene ring substituents is 1. The number of carbonyl (C=O) groups excluding carboxylic acids is 2. The summed E-state index contributed by atoms with van der Waals surface area (Å²) in [4.78, 5) is 33.8. The van der Waals surface area contributed by atoms with Gasteiger partial charge in [0.05, 0.1) is 17.6 Å². The number of hydrogen-bond acceptors (Lipinski definition) is 7. The van der Waals surface area contributed by atoms with Crippen LogP contribution in [0.4, 0.5) is 5.69 Å². The number of nitrogens with zero attached hydrogens (tertiary/aromatic N) is 1. The predicted octanol–water partition coefficient (Wildman–Crippen LogP) is 2.49. The van der Waals surface area contributed by atoms with Crippen LogP contribution in [-0.4, -0.2) is 35.7 Å². The van der Waals surface area contributed by atoms with Gasteiger partial charge in [0, 0.05) is 12.1 Å². The molecule has 126 valence electrons. The minimum Gasteiger partial charge on any atom is -0.472 e. The van der Waals surface area contributed by atoms with Gasteiger partial charge in [-0.2, -0.15) is 0 Å². The number of carbonyl (C=O) groups is 2. The fraction of sp³-hybridized carbons (Fsp3) is 0.467. The lowest BCUT2D eigenvalue weighted by Crippen LogP contribution is -2.33. The van der Waals surface area contributed by atoms with Crippen molar-refractivity contribution >= 4 is 17.6 Å². The van der Waals surface area contributed by atoms with Crippen LogP contribution >= 0.6 is 0 Å². The van der Waals surface area contributed by atoms with Crippen LogP contribution < -0.4 is 4.74 Å². The van der Waals surface area contributed by atoms with E-state index in [4.69, 9.17) is 9.47 Å². The van der Waals surface area contributed by atoms with E-state index in [1.807, 2.05) is 0 Å². The summed E-state index contributed by atoms with van der Waals surface area (Å²) in [5.74, 6) is -1.55. The van der Waals surface area contributed by atoms with E-state index in [1.54, 1.807) is 20.8 Å². The third-order valence-corrected chi connectivity index (χ3v) is 2.62. The Hall–Kier alpha value is -2.64. The number of nitro groups is 1. The summed E-state index contributed by atoms with van der Waals surface area (Å²) in [6.45, 7) is 6.48. The third kappa shape index (κ3) is 5.24. The summed E-state index contributed by atoms with van der Waals surface area (Å²) in [7, 11) is 1.19. The molecule has 0 aliphatic heterocycles. The SMILES string of the molecule is COC(=O)c1ccc([N+](=O)[O-])c(OC(C)C(=O)OC(C)(C)C)c1. The van der Waals surface area contributed by atoms with E-state index in [9.17, 15) is 19.7 Å². The van der Waals surface area contributed by atoms with Crippen molar-refractivity contribution in [2.75, 3.05) is 7.11 Å². The molecule has 0 aliphatic carbocycles. The Balaban J connectivity index is 3.07. The summed E-state index contributed by atoms with van der Waals surface area (Å²) in [6.07, 6.45) is -1.08. The second-order valence-electron chi connectivity index (χ2n) is 5.72. The van der Waals surface area contributed by atoms with Crippen LogP contribution in [0.25, 0.3) is 0 Å². The molecule has 1 aromatic carbocycles. The summed E-state index contributed by atoms with van der Waals surface area (Å²) < 4.78 is 15.0. The van der Waals surface area contributed by atoms with Crippen molar-refractivity contribution in [3.8, 4) is 5.75 Å². The van der Waals surface area contributed by atoms with Crippen molar-refractivity contribution in [2.24, 2.45) is 0 Å². The molecule has 0 heterocycles. The van der Waals surface area contributed by atoms with E-state index < -0.39 is 28.6 Å². The molecule has 0 bridgehead atoms. The van der Waals surface area contributed by atoms with Gasteiger partial charge in [0.1, 0.15) is 5.60 Å². The highest BCUT2D eigenvalue weighted by Crippen LogP contribution is 2.29. The Bertz CT molecular complexity index is 619. The van der Waals surface area contributed by atoms with Crippen LogP contribution in [0, 0.1) is 10.1 Å². The largest absolute Gasteiger partial charge is 0.472 e. The van der Waals surface area contributed by atoms with Gasteiger partial charge in [-0.3, -0.25) is 10.1 Å². The summed E-state index contributed by atoms with van der Waals surface area (Å²) in [5, 5.41) is 11.0. The summed E-state index contributed by atoms with van der Waals surface area (Å²) in [6, 6.07) is 3.52. The quantitative estimate of drug-likeness (QED) is 0.465. The van der Waals surface area contributed by atoms with E-state index in [0.29, 0.717) is 0 Å². The molecule has 1 rings (SSSR count). The molecule has 1 unspecified atom stereocenters. The number of ether oxygens (including phenoxy) is 3. The van der Waals surface area contributed by atoms with Crippen molar-refractivity contribution in [1.29, 1.82) is 0 Å². The van der Waals surface area contributed by atoms with Crippen molar-refractivity contribution in [2.45, 2.75) is 39.4 Å². The van der Waals surface area contributed by atoms with Gasteiger partial charge in [-0.1, -0.05) is 0 Å². The second-order valence-corrected chi connectivity index (χ2v) is 5.72. The minimum atomic E-state index is -1.08. The first-order chi connectivity index (χ1) is 10.5. The topological polar surface area (TPSA) is 105 Å². The Morgan fingerprint density at radius 1 is 1.26 bits per heavy atom. The van der Waals surface area contributed by atoms with Crippen molar-refractivity contribution < 1.29 is 28.7 Å². The molecule has 8 nitrogen and oxygen atoms in total. The number of rotatable bonds is 5. The van der Waals surface area contributed by atoms with Crippen molar-refractivity contribution in [3.63, 3.8) is 0 Å². The molecule has 1 aromatic rings. The second kappa shape index (κ2) is 7.08. The first kappa shape index (κ1) is 18.4. The minimum absolute atomic E-state index is 0.0736. The number of benzene rings is 1. The molecule has 1 atom stereocenters. The monoisotopic (exact) mass is 325 g/mol. The number of hydrogen-bond donors (Lipinski definition) is 0. The van der Waals surface area contributed by atoms with Gasteiger partial charge >= 0.3 is 17.6 Å². The normalized spacial score (nSPS) is 12.2. The average molecular weight is 325 g/mol. The fourth-order valence-corrected chi connectivity index (χ4v) is 1.63. The maximum absolute atomic E-state index is 11.9. The molecular weight excluding hydrogens is 306 g/mol. The van der Waals surface area contributed by atoms with Crippen LogP contribution in [0.1, 0.15) is 38.1 Å². The van der Waals surface area contributed by atoms with Gasteiger partial charge in [0.2, 0.25) is 0 Å². The van der Waals surface area contributed by atoms with Gasteiger partial charge in [0.25, 0.3) is 0 Å². The van der Waals surface area contributed by atoms with Gasteiger partial charge in [-0.25, -0.2) is 9.59 Å². The number of esters is 2. The Kier molecular flexibility index (Phi) is 5.67. The summed E-state index contributed by atoms with van der Waals surface area (Å²) in [5.41, 5.74) is -1.01. The molecule has 0 N–H and O–H groups in total. The Morgan fingerprint density at radius 2 is 1.87 bits per heavy atom. The molecule has 0 saturated carbocycles. The molecule has 8 heteroatoms. The van der Waals surface area contributed by atoms with Crippen LogP contribution in [0.5, 0.6) is 5.75 Å². The molecule has 23 heavy (non-hydrogen) atoms. The van der Waals surface area contributed by atoms with Crippen molar-refractivity contribution in [1.82, 2.24) is 0 Å². The molecule has 0 aromatic heterocycles. The highest BCUT2D eigenvalue weighted by molar-refractivity contribution is 5.90. The highest BCUT2D eigenvalue weighted by Gasteiger charge is 2.26. The van der Waals surface area contributed by atoms with Gasteiger partial charge < -0.3 is 14.2 Å². The van der Waals surface area contributed by atoms with E-state index in [-0.39, 0.29) is 17.0 Å². The fourth-order valence-electron chi connectivity index (χ4n) is 1.63. The lowest BCUT2D eigenvalue weighted by atomic mass is 10.2. The maximum atomic E-state index is 11.9. The van der Waals surface area contributed by atoms with Crippen LogP contribution in [0.3, 0.4) is 0 Å². The molecule has 0 fully saturated rings. The molecule has 0 amide bonds. The highest BCUT2D eigenvalue weighted by atomic mass is 16.6. The van der Waals surface area contributed by atoms with E-state index in [1.165, 1.54) is 20.1 Å². The maximum Gasteiger partial charge on any atom is 0.347 e. The zero-order valence-corrected chi connectivity index (χ0v) is 13.6.